The first-order valence-corrected chi connectivity index (χ1v) is 5.66. The largest absolute Gasteiger partial charge is 0.351 e. The van der Waals surface area contributed by atoms with Crippen LogP contribution in [0, 0.1) is 6.92 Å². The molecule has 2 N–H and O–H groups in total. The van der Waals surface area contributed by atoms with Crippen molar-refractivity contribution < 1.29 is 14.1 Å². The molecule has 0 unspecified atom stereocenters. The molecule has 0 saturated heterocycles. The van der Waals surface area contributed by atoms with E-state index in [4.69, 9.17) is 4.52 Å². The number of nitrogens with zero attached hydrogens (tertiary/aromatic N) is 1. The minimum absolute atomic E-state index is 0.144. The molecule has 0 spiro atoms. The van der Waals surface area contributed by atoms with Crippen LogP contribution in [-0.2, 0) is 4.79 Å². The van der Waals surface area contributed by atoms with E-state index in [1.807, 2.05) is 0 Å². The van der Waals surface area contributed by atoms with E-state index in [9.17, 15) is 9.59 Å². The fourth-order valence-corrected chi connectivity index (χ4v) is 1.54. The molecule has 0 aliphatic rings. The van der Waals surface area contributed by atoms with Gasteiger partial charge in [-0.15, -0.1) is 0 Å². The van der Waals surface area contributed by atoms with Crippen LogP contribution in [0.5, 0.6) is 0 Å². The topological polar surface area (TPSA) is 84.2 Å². The first-order valence-electron chi connectivity index (χ1n) is 5.66. The van der Waals surface area contributed by atoms with Crippen LogP contribution in [0.15, 0.2) is 35.0 Å². The number of anilines is 2. The van der Waals surface area contributed by atoms with Gasteiger partial charge < -0.3 is 15.2 Å². The van der Waals surface area contributed by atoms with E-state index in [2.05, 4.69) is 15.8 Å². The Kier molecular flexibility index (Phi) is 3.61. The molecule has 98 valence electrons. The minimum atomic E-state index is -0.359. The van der Waals surface area contributed by atoms with E-state index in [1.165, 1.54) is 13.1 Å². The molecule has 0 radical (unpaired) electrons. The fourth-order valence-electron chi connectivity index (χ4n) is 1.54. The van der Waals surface area contributed by atoms with Crippen molar-refractivity contribution in [2.45, 2.75) is 13.8 Å². The lowest BCUT2D eigenvalue weighted by atomic mass is 10.2. The Balaban J connectivity index is 2.06. The molecule has 1 heterocycles. The molecule has 2 amide bonds. The van der Waals surface area contributed by atoms with Crippen LogP contribution < -0.4 is 10.6 Å². The molecular formula is C13H13N3O3. The van der Waals surface area contributed by atoms with Crippen molar-refractivity contribution >= 4 is 23.2 Å². The summed E-state index contributed by atoms with van der Waals surface area (Å²) in [5.74, 6) is -0.317. The first kappa shape index (κ1) is 12.8. The Bertz CT molecular complexity index is 602. The Labute approximate surface area is 109 Å². The van der Waals surface area contributed by atoms with E-state index < -0.39 is 0 Å². The molecule has 0 aliphatic carbocycles. The van der Waals surface area contributed by atoms with Crippen molar-refractivity contribution in [3.05, 3.63) is 41.8 Å². The summed E-state index contributed by atoms with van der Waals surface area (Å²) in [6.45, 7) is 3.17. The predicted octanol–water partition coefficient (Wildman–Crippen LogP) is 2.19. The third kappa shape index (κ3) is 3.19. The van der Waals surface area contributed by atoms with Crippen molar-refractivity contribution in [2.24, 2.45) is 0 Å². The second-order valence-corrected chi connectivity index (χ2v) is 4.05. The lowest BCUT2D eigenvalue weighted by Crippen LogP contribution is -2.12. The van der Waals surface area contributed by atoms with Crippen LogP contribution in [-0.4, -0.2) is 17.0 Å². The van der Waals surface area contributed by atoms with Crippen molar-refractivity contribution in [3.8, 4) is 0 Å². The second-order valence-electron chi connectivity index (χ2n) is 4.05. The number of amides is 2. The standard InChI is InChI=1S/C13H13N3O3/c1-8-7-14-19-12(8)13(18)16-11-5-3-10(4-6-11)15-9(2)17/h3-7H,1-2H3,(H,15,17)(H,16,18). The number of hydrogen-bond donors (Lipinski definition) is 2. The summed E-state index contributed by atoms with van der Waals surface area (Å²) in [6, 6.07) is 6.78. The van der Waals surface area contributed by atoms with E-state index in [0.717, 1.165) is 0 Å². The van der Waals surface area contributed by atoms with Gasteiger partial charge in [0.2, 0.25) is 11.7 Å². The molecular weight excluding hydrogens is 246 g/mol. The highest BCUT2D eigenvalue weighted by Crippen LogP contribution is 2.15. The average Bonchev–Trinajstić information content (AvgIpc) is 2.77. The summed E-state index contributed by atoms with van der Waals surface area (Å²) in [5, 5.41) is 8.87. The van der Waals surface area contributed by atoms with Crippen molar-refractivity contribution in [2.75, 3.05) is 10.6 Å². The number of aromatic nitrogens is 1. The zero-order valence-electron chi connectivity index (χ0n) is 10.6. The van der Waals surface area contributed by atoms with Gasteiger partial charge in [0.05, 0.1) is 6.20 Å². The summed E-state index contributed by atoms with van der Waals surface area (Å²) < 4.78 is 4.86. The SMILES string of the molecule is CC(=O)Nc1ccc(NC(=O)c2oncc2C)cc1. The molecule has 1 aromatic heterocycles. The van der Waals surface area contributed by atoms with Crippen molar-refractivity contribution in [3.63, 3.8) is 0 Å². The van der Waals surface area contributed by atoms with Crippen LogP contribution in [0.2, 0.25) is 0 Å². The van der Waals surface area contributed by atoms with Gasteiger partial charge in [-0.05, 0) is 31.2 Å². The molecule has 0 atom stereocenters. The first-order chi connectivity index (χ1) is 9.06. The summed E-state index contributed by atoms with van der Waals surface area (Å²) >= 11 is 0. The summed E-state index contributed by atoms with van der Waals surface area (Å²) in [6.07, 6.45) is 1.48. The number of nitrogens with one attached hydrogen (secondary N) is 2. The molecule has 2 rings (SSSR count). The highest BCUT2D eigenvalue weighted by Gasteiger charge is 2.13. The van der Waals surface area contributed by atoms with Crippen molar-refractivity contribution in [1.82, 2.24) is 5.16 Å². The van der Waals surface area contributed by atoms with Crippen LogP contribution in [0.1, 0.15) is 23.0 Å². The van der Waals surface area contributed by atoms with E-state index in [1.54, 1.807) is 31.2 Å². The Morgan fingerprint density at radius 1 is 1.11 bits per heavy atom. The molecule has 0 bridgehead atoms. The molecule has 6 nitrogen and oxygen atoms in total. The van der Waals surface area contributed by atoms with Crippen LogP contribution in [0.25, 0.3) is 0 Å². The molecule has 19 heavy (non-hydrogen) atoms. The molecule has 1 aromatic carbocycles. The number of benzene rings is 1. The Morgan fingerprint density at radius 3 is 2.16 bits per heavy atom. The smallest absolute Gasteiger partial charge is 0.294 e. The molecule has 0 aliphatic heterocycles. The maximum Gasteiger partial charge on any atom is 0.294 e. The monoisotopic (exact) mass is 259 g/mol. The van der Waals surface area contributed by atoms with E-state index in [-0.39, 0.29) is 17.6 Å². The van der Waals surface area contributed by atoms with Crippen LogP contribution >= 0.6 is 0 Å². The highest BCUT2D eigenvalue weighted by molar-refractivity contribution is 6.03. The zero-order valence-corrected chi connectivity index (χ0v) is 10.6. The summed E-state index contributed by atoms with van der Waals surface area (Å²) in [5.41, 5.74) is 1.95. The zero-order chi connectivity index (χ0) is 13.8. The summed E-state index contributed by atoms with van der Waals surface area (Å²) in [7, 11) is 0. The van der Waals surface area contributed by atoms with Gasteiger partial charge in [-0.3, -0.25) is 9.59 Å². The molecule has 0 fully saturated rings. The number of rotatable bonds is 3. The number of aryl methyl sites for hydroxylation is 1. The van der Waals surface area contributed by atoms with Gasteiger partial charge in [-0.1, -0.05) is 5.16 Å². The number of carbonyl (C=O) groups is 2. The van der Waals surface area contributed by atoms with Gasteiger partial charge in [-0.25, -0.2) is 0 Å². The fraction of sp³-hybridized carbons (Fsp3) is 0.154. The Morgan fingerprint density at radius 2 is 1.68 bits per heavy atom. The maximum atomic E-state index is 11.8. The second kappa shape index (κ2) is 5.34. The summed E-state index contributed by atoms with van der Waals surface area (Å²) in [4.78, 5) is 22.7. The predicted molar refractivity (Wildman–Crippen MR) is 69.9 cm³/mol. The van der Waals surface area contributed by atoms with E-state index >= 15 is 0 Å². The molecule has 6 heteroatoms. The van der Waals surface area contributed by atoms with Gasteiger partial charge in [0.15, 0.2) is 0 Å². The Hall–Kier alpha value is -2.63. The lowest BCUT2D eigenvalue weighted by Gasteiger charge is -2.05. The van der Waals surface area contributed by atoms with Gasteiger partial charge in [0, 0.05) is 23.9 Å². The number of carbonyl (C=O) groups excluding carboxylic acids is 2. The minimum Gasteiger partial charge on any atom is -0.351 e. The van der Waals surface area contributed by atoms with Gasteiger partial charge in [0.25, 0.3) is 5.91 Å². The van der Waals surface area contributed by atoms with E-state index in [0.29, 0.717) is 16.9 Å². The maximum absolute atomic E-state index is 11.8. The van der Waals surface area contributed by atoms with Gasteiger partial charge in [0.1, 0.15) is 0 Å². The third-order valence-corrected chi connectivity index (χ3v) is 2.42. The van der Waals surface area contributed by atoms with Gasteiger partial charge >= 0.3 is 0 Å². The van der Waals surface area contributed by atoms with Crippen LogP contribution in [0.3, 0.4) is 0 Å². The normalized spacial score (nSPS) is 10.0. The molecule has 0 saturated carbocycles. The third-order valence-electron chi connectivity index (χ3n) is 2.42. The lowest BCUT2D eigenvalue weighted by molar-refractivity contribution is -0.114. The van der Waals surface area contributed by atoms with Gasteiger partial charge in [-0.2, -0.15) is 0 Å². The van der Waals surface area contributed by atoms with Crippen molar-refractivity contribution in [1.29, 1.82) is 0 Å². The highest BCUT2D eigenvalue weighted by atomic mass is 16.5. The van der Waals surface area contributed by atoms with Crippen LogP contribution in [0.4, 0.5) is 11.4 Å². The number of hydrogen-bond acceptors (Lipinski definition) is 4. The molecule has 2 aromatic rings. The average molecular weight is 259 g/mol. The quantitative estimate of drug-likeness (QED) is 0.884.